The van der Waals surface area contributed by atoms with E-state index in [0.717, 1.165) is 37.3 Å². The normalized spacial score (nSPS) is 24.5. The molecule has 4 nitrogen and oxygen atoms in total. The second kappa shape index (κ2) is 4.95. The van der Waals surface area contributed by atoms with E-state index in [1.807, 2.05) is 4.90 Å². The second-order valence-electron chi connectivity index (χ2n) is 6.06. The number of nitrogens with zero attached hydrogens (tertiary/aromatic N) is 1. The number of ether oxygens (including phenoxy) is 2. The number of allylic oxidation sites excluding steroid dienone is 2. The van der Waals surface area contributed by atoms with Gasteiger partial charge in [-0.15, -0.1) is 0 Å². The molecule has 3 aliphatic rings. The van der Waals surface area contributed by atoms with E-state index in [0.29, 0.717) is 0 Å². The highest BCUT2D eigenvalue weighted by atomic mass is 32.2. The molecule has 0 radical (unpaired) electrons. The van der Waals surface area contributed by atoms with Crippen LogP contribution in [0, 0.1) is 0 Å². The van der Waals surface area contributed by atoms with Gasteiger partial charge in [-0.3, -0.25) is 4.79 Å². The first kappa shape index (κ1) is 14.0. The zero-order chi connectivity index (χ0) is 15.3. The minimum absolute atomic E-state index is 0.0359. The molecular formula is C17H19NO3S. The summed E-state index contributed by atoms with van der Waals surface area (Å²) in [6.45, 7) is 0.792. The Bertz CT molecular complexity index is 662. The molecule has 1 saturated heterocycles. The lowest BCUT2D eigenvalue weighted by Gasteiger charge is -2.38. The number of rotatable bonds is 2. The van der Waals surface area contributed by atoms with Gasteiger partial charge in [0, 0.05) is 6.54 Å². The summed E-state index contributed by atoms with van der Waals surface area (Å²) < 4.78 is 10.9. The third kappa shape index (κ3) is 1.81. The molecule has 0 N–H and O–H groups in total. The lowest BCUT2D eigenvalue weighted by Crippen LogP contribution is -2.40. The molecular weight excluding hydrogens is 298 g/mol. The molecule has 22 heavy (non-hydrogen) atoms. The number of thioether (sulfide) groups is 1. The van der Waals surface area contributed by atoms with Crippen LogP contribution >= 0.6 is 11.8 Å². The molecule has 0 aromatic heterocycles. The summed E-state index contributed by atoms with van der Waals surface area (Å²) in [5.41, 5.74) is 2.51. The molecule has 2 heterocycles. The average molecular weight is 317 g/mol. The molecule has 1 aliphatic carbocycles. The summed E-state index contributed by atoms with van der Waals surface area (Å²) in [6, 6.07) is 4.29. The van der Waals surface area contributed by atoms with Crippen LogP contribution < -0.4 is 9.47 Å². The third-order valence-electron chi connectivity index (χ3n) is 4.99. The number of hydrogen-bond donors (Lipinski definition) is 0. The SMILES string of the molecule is COc1cc2c(cc1OC)C1N(CC2)C(=O)SC12CC=CC2. The smallest absolute Gasteiger partial charge is 0.282 e. The maximum atomic E-state index is 12.5. The van der Waals surface area contributed by atoms with Gasteiger partial charge in [-0.1, -0.05) is 23.9 Å². The van der Waals surface area contributed by atoms with E-state index in [1.54, 1.807) is 14.2 Å². The van der Waals surface area contributed by atoms with Crippen molar-refractivity contribution in [2.24, 2.45) is 0 Å². The van der Waals surface area contributed by atoms with Crippen molar-refractivity contribution in [3.8, 4) is 11.5 Å². The Morgan fingerprint density at radius 3 is 2.55 bits per heavy atom. The predicted molar refractivity (Wildman–Crippen MR) is 86.8 cm³/mol. The minimum atomic E-state index is -0.0359. The quantitative estimate of drug-likeness (QED) is 0.782. The Morgan fingerprint density at radius 2 is 1.86 bits per heavy atom. The van der Waals surface area contributed by atoms with Crippen LogP contribution in [-0.4, -0.2) is 35.7 Å². The van der Waals surface area contributed by atoms with Crippen LogP contribution in [0.3, 0.4) is 0 Å². The highest BCUT2D eigenvalue weighted by Crippen LogP contribution is 2.58. The number of carbonyl (C=O) groups is 1. The highest BCUT2D eigenvalue weighted by molar-refractivity contribution is 8.15. The Kier molecular flexibility index (Phi) is 3.15. The standard InChI is InChI=1S/C17H19NO3S/c1-20-13-9-11-5-8-18-15(12(11)10-14(13)21-2)17(22-16(18)19)6-3-4-7-17/h3-4,9-10,15H,5-8H2,1-2H3. The van der Waals surface area contributed by atoms with Crippen LogP contribution in [0.15, 0.2) is 24.3 Å². The van der Waals surface area contributed by atoms with E-state index in [4.69, 9.17) is 9.47 Å². The van der Waals surface area contributed by atoms with Gasteiger partial charge in [-0.05, 0) is 42.5 Å². The Morgan fingerprint density at radius 1 is 1.18 bits per heavy atom. The van der Waals surface area contributed by atoms with Gasteiger partial charge in [0.2, 0.25) is 0 Å². The number of benzene rings is 1. The van der Waals surface area contributed by atoms with Gasteiger partial charge in [0.15, 0.2) is 11.5 Å². The molecule has 1 unspecified atom stereocenters. The van der Waals surface area contributed by atoms with Crippen molar-refractivity contribution in [2.75, 3.05) is 20.8 Å². The van der Waals surface area contributed by atoms with Crippen molar-refractivity contribution in [1.29, 1.82) is 0 Å². The second-order valence-corrected chi connectivity index (χ2v) is 7.43. The van der Waals surface area contributed by atoms with Gasteiger partial charge >= 0.3 is 0 Å². The van der Waals surface area contributed by atoms with Gasteiger partial charge in [0.1, 0.15) is 0 Å². The van der Waals surface area contributed by atoms with Crippen LogP contribution in [0.1, 0.15) is 30.0 Å². The molecule has 1 aromatic rings. The number of carbonyl (C=O) groups excluding carboxylic acids is 1. The molecule has 2 aliphatic heterocycles. The molecule has 1 amide bonds. The number of hydrogen-bond acceptors (Lipinski definition) is 4. The van der Waals surface area contributed by atoms with Gasteiger partial charge in [-0.2, -0.15) is 0 Å². The number of methoxy groups -OCH3 is 2. The minimum Gasteiger partial charge on any atom is -0.493 e. The fraction of sp³-hybridized carbons (Fsp3) is 0.471. The van der Waals surface area contributed by atoms with E-state index < -0.39 is 0 Å². The number of amides is 1. The van der Waals surface area contributed by atoms with Gasteiger partial charge < -0.3 is 14.4 Å². The highest BCUT2D eigenvalue weighted by Gasteiger charge is 2.55. The van der Waals surface area contributed by atoms with Crippen molar-refractivity contribution in [3.63, 3.8) is 0 Å². The van der Waals surface area contributed by atoms with E-state index in [1.165, 1.54) is 22.9 Å². The van der Waals surface area contributed by atoms with Crippen LogP contribution in [-0.2, 0) is 6.42 Å². The van der Waals surface area contributed by atoms with E-state index in [2.05, 4.69) is 24.3 Å². The largest absolute Gasteiger partial charge is 0.493 e. The Labute approximate surface area is 134 Å². The maximum Gasteiger partial charge on any atom is 0.282 e. The van der Waals surface area contributed by atoms with Crippen LogP contribution in [0.25, 0.3) is 0 Å². The van der Waals surface area contributed by atoms with Gasteiger partial charge in [0.05, 0.1) is 25.0 Å². The molecule has 1 spiro atoms. The van der Waals surface area contributed by atoms with Crippen molar-refractivity contribution < 1.29 is 14.3 Å². The fourth-order valence-electron chi connectivity index (χ4n) is 3.95. The maximum absolute atomic E-state index is 12.5. The molecule has 5 heteroatoms. The van der Waals surface area contributed by atoms with Gasteiger partial charge in [0.25, 0.3) is 5.24 Å². The monoisotopic (exact) mass is 317 g/mol. The van der Waals surface area contributed by atoms with Crippen LogP contribution in [0.5, 0.6) is 11.5 Å². The van der Waals surface area contributed by atoms with Crippen molar-refractivity contribution >= 4 is 17.0 Å². The lowest BCUT2D eigenvalue weighted by molar-refractivity contribution is 0.186. The van der Waals surface area contributed by atoms with Crippen molar-refractivity contribution in [3.05, 3.63) is 35.4 Å². The molecule has 1 atom stereocenters. The Balaban J connectivity index is 1.85. The summed E-state index contributed by atoms with van der Waals surface area (Å²) in [5.74, 6) is 1.51. The average Bonchev–Trinajstić information content (AvgIpc) is 3.11. The molecule has 116 valence electrons. The number of fused-ring (bicyclic) bond motifs is 4. The first-order chi connectivity index (χ1) is 10.7. The van der Waals surface area contributed by atoms with Crippen molar-refractivity contribution in [2.45, 2.75) is 30.1 Å². The van der Waals surface area contributed by atoms with E-state index >= 15 is 0 Å². The third-order valence-corrected chi connectivity index (χ3v) is 6.36. The summed E-state index contributed by atoms with van der Waals surface area (Å²) in [6.07, 6.45) is 7.20. The predicted octanol–water partition coefficient (Wildman–Crippen LogP) is 3.56. The zero-order valence-electron chi connectivity index (χ0n) is 12.8. The first-order valence-corrected chi connectivity index (χ1v) is 8.39. The Hall–Kier alpha value is -1.62. The van der Waals surface area contributed by atoms with E-state index in [-0.39, 0.29) is 16.0 Å². The topological polar surface area (TPSA) is 38.8 Å². The zero-order valence-corrected chi connectivity index (χ0v) is 13.6. The van der Waals surface area contributed by atoms with Crippen LogP contribution in [0.2, 0.25) is 0 Å². The van der Waals surface area contributed by atoms with Crippen molar-refractivity contribution in [1.82, 2.24) is 4.90 Å². The summed E-state index contributed by atoms with van der Waals surface area (Å²) in [5, 5.41) is 0.217. The summed E-state index contributed by atoms with van der Waals surface area (Å²) in [7, 11) is 3.32. The molecule has 1 aromatic carbocycles. The summed E-state index contributed by atoms with van der Waals surface area (Å²) >= 11 is 1.52. The van der Waals surface area contributed by atoms with Gasteiger partial charge in [-0.25, -0.2) is 0 Å². The molecule has 0 bridgehead atoms. The van der Waals surface area contributed by atoms with Crippen LogP contribution in [0.4, 0.5) is 4.79 Å². The van der Waals surface area contributed by atoms with E-state index in [9.17, 15) is 4.79 Å². The molecule has 0 saturated carbocycles. The molecule has 4 rings (SSSR count). The fourth-order valence-corrected chi connectivity index (χ4v) is 5.34. The lowest BCUT2D eigenvalue weighted by atomic mass is 9.83. The summed E-state index contributed by atoms with van der Waals surface area (Å²) in [4.78, 5) is 14.5. The molecule has 1 fully saturated rings. The first-order valence-electron chi connectivity index (χ1n) is 7.58.